The molecule has 1 heteroatoms. The average Bonchev–Trinajstić information content (AvgIpc) is 3.40. The maximum atomic E-state index is 2.51. The van der Waals surface area contributed by atoms with Gasteiger partial charge in [0.15, 0.2) is 0 Å². The molecule has 0 aromatic heterocycles. The molecule has 0 saturated heterocycles. The highest BCUT2D eigenvalue weighted by atomic mass is 15.1. The number of benzene rings is 8. The van der Waals surface area contributed by atoms with E-state index in [0.29, 0.717) is 0 Å². The molecule has 1 aliphatic carbocycles. The molecule has 0 fully saturated rings. The summed E-state index contributed by atoms with van der Waals surface area (Å²) in [5.41, 5.74) is 15.0. The highest BCUT2D eigenvalue weighted by Crippen LogP contribution is 2.54. The van der Waals surface area contributed by atoms with Crippen LogP contribution in [0.5, 0.6) is 0 Å². The van der Waals surface area contributed by atoms with Gasteiger partial charge in [0.2, 0.25) is 0 Å². The van der Waals surface area contributed by atoms with Crippen LogP contribution in [0.1, 0.15) is 51.3 Å². The van der Waals surface area contributed by atoms with E-state index in [-0.39, 0.29) is 10.8 Å². The zero-order valence-electron chi connectivity index (χ0n) is 30.6. The van der Waals surface area contributed by atoms with E-state index in [0.717, 1.165) is 11.4 Å². The van der Waals surface area contributed by atoms with Crippen LogP contribution in [-0.4, -0.2) is 0 Å². The van der Waals surface area contributed by atoms with E-state index in [1.165, 1.54) is 77.3 Å². The zero-order valence-corrected chi connectivity index (χ0v) is 30.6. The molecule has 9 rings (SSSR count). The van der Waals surface area contributed by atoms with Crippen LogP contribution in [0.2, 0.25) is 0 Å². The minimum Gasteiger partial charge on any atom is -0.310 e. The maximum absolute atomic E-state index is 2.51. The Labute approximate surface area is 307 Å². The second kappa shape index (κ2) is 12.1. The van der Waals surface area contributed by atoms with Crippen molar-refractivity contribution in [2.45, 2.75) is 45.4 Å². The van der Waals surface area contributed by atoms with Gasteiger partial charge in [-0.25, -0.2) is 0 Å². The third-order valence-corrected chi connectivity index (χ3v) is 11.1. The normalized spacial score (nSPS) is 13.2. The highest BCUT2D eigenvalue weighted by molar-refractivity contribution is 6.01. The molecule has 1 aliphatic rings. The fourth-order valence-electron chi connectivity index (χ4n) is 8.52. The van der Waals surface area contributed by atoms with Gasteiger partial charge in [0.05, 0.1) is 5.69 Å². The highest BCUT2D eigenvalue weighted by Gasteiger charge is 2.37. The second-order valence-electron chi connectivity index (χ2n) is 15.8. The van der Waals surface area contributed by atoms with Crippen LogP contribution < -0.4 is 4.90 Å². The Morgan fingerprint density at radius 1 is 0.423 bits per heavy atom. The first kappa shape index (κ1) is 32.0. The third kappa shape index (κ3) is 5.23. The number of hydrogen-bond acceptors (Lipinski definition) is 1. The molecular formula is C51H43N. The number of anilines is 3. The first-order valence-corrected chi connectivity index (χ1v) is 18.4. The van der Waals surface area contributed by atoms with Crippen molar-refractivity contribution in [1.29, 1.82) is 0 Å². The van der Waals surface area contributed by atoms with E-state index < -0.39 is 0 Å². The van der Waals surface area contributed by atoms with Gasteiger partial charge in [0, 0.05) is 22.4 Å². The number of nitrogens with zero attached hydrogens (tertiary/aromatic N) is 1. The summed E-state index contributed by atoms with van der Waals surface area (Å²) in [4.78, 5) is 2.51. The lowest BCUT2D eigenvalue weighted by Crippen LogP contribution is -2.17. The summed E-state index contributed by atoms with van der Waals surface area (Å²) in [5.74, 6) is 0. The SMILES string of the molecule is CC(C)(C)c1ccccc1-c1cc2ccccc2cc1N(c1ccc2c(c1)C(C)(C)c1cccc(-c3ccccc3)c1-2)c1ccc2ccccc2c1. The molecule has 0 atom stereocenters. The largest absolute Gasteiger partial charge is 0.310 e. The van der Waals surface area contributed by atoms with Gasteiger partial charge in [-0.2, -0.15) is 0 Å². The van der Waals surface area contributed by atoms with Gasteiger partial charge in [-0.15, -0.1) is 0 Å². The standard InChI is InChI=1S/C51H43N/c1-50(2,3)45-24-14-13-22-42(45)44-31-37-20-11-12-21-38(37)32-48(44)52(39-27-26-34-16-9-10-19-36(34)30-39)40-28-29-43-47(33-40)51(4,5)46-25-15-23-41(49(43)46)35-17-7-6-8-18-35/h6-33H,1-5H3. The first-order valence-electron chi connectivity index (χ1n) is 18.4. The van der Waals surface area contributed by atoms with Gasteiger partial charge in [-0.3, -0.25) is 0 Å². The molecule has 0 amide bonds. The van der Waals surface area contributed by atoms with Crippen LogP contribution in [0.4, 0.5) is 17.1 Å². The Kier molecular flexibility index (Phi) is 7.45. The molecule has 0 aliphatic heterocycles. The molecule has 8 aromatic rings. The van der Waals surface area contributed by atoms with Crippen LogP contribution in [0.15, 0.2) is 170 Å². The fourth-order valence-corrected chi connectivity index (χ4v) is 8.52. The van der Waals surface area contributed by atoms with E-state index >= 15 is 0 Å². The van der Waals surface area contributed by atoms with Crippen molar-refractivity contribution in [3.05, 3.63) is 187 Å². The van der Waals surface area contributed by atoms with Gasteiger partial charge >= 0.3 is 0 Å². The fraction of sp³-hybridized carbons (Fsp3) is 0.137. The Hall–Kier alpha value is -5.92. The summed E-state index contributed by atoms with van der Waals surface area (Å²) < 4.78 is 0. The minimum atomic E-state index is -0.175. The number of rotatable bonds is 5. The lowest BCUT2D eigenvalue weighted by atomic mass is 9.81. The predicted octanol–water partition coefficient (Wildman–Crippen LogP) is 14.4. The van der Waals surface area contributed by atoms with Crippen molar-refractivity contribution in [3.63, 3.8) is 0 Å². The molecular weight excluding hydrogens is 627 g/mol. The molecule has 0 N–H and O–H groups in total. The summed E-state index contributed by atoms with van der Waals surface area (Å²) in [6, 6.07) is 63.0. The summed E-state index contributed by atoms with van der Waals surface area (Å²) in [6.07, 6.45) is 0. The van der Waals surface area contributed by atoms with Gasteiger partial charge in [-0.05, 0) is 108 Å². The average molecular weight is 670 g/mol. The maximum Gasteiger partial charge on any atom is 0.0546 e. The number of hydrogen-bond donors (Lipinski definition) is 0. The zero-order chi connectivity index (χ0) is 35.6. The lowest BCUT2D eigenvalue weighted by molar-refractivity contribution is 0.592. The summed E-state index contributed by atoms with van der Waals surface area (Å²) >= 11 is 0. The van der Waals surface area contributed by atoms with Crippen molar-refractivity contribution < 1.29 is 0 Å². The molecule has 252 valence electrons. The molecule has 0 saturated carbocycles. The van der Waals surface area contributed by atoms with Crippen LogP contribution in [-0.2, 0) is 10.8 Å². The van der Waals surface area contributed by atoms with Crippen LogP contribution in [0.25, 0.3) is 54.9 Å². The quantitative estimate of drug-likeness (QED) is 0.176. The Bertz CT molecular complexity index is 2640. The molecule has 1 nitrogen and oxygen atoms in total. The molecule has 0 heterocycles. The Balaban J connectivity index is 1.33. The topological polar surface area (TPSA) is 3.24 Å². The van der Waals surface area contributed by atoms with Crippen molar-refractivity contribution in [2.24, 2.45) is 0 Å². The molecule has 0 bridgehead atoms. The number of fused-ring (bicyclic) bond motifs is 5. The summed E-state index contributed by atoms with van der Waals surface area (Å²) in [5, 5.41) is 4.93. The van der Waals surface area contributed by atoms with Crippen molar-refractivity contribution in [1.82, 2.24) is 0 Å². The van der Waals surface area contributed by atoms with E-state index in [1.807, 2.05) is 0 Å². The molecule has 0 spiro atoms. The molecule has 52 heavy (non-hydrogen) atoms. The first-order chi connectivity index (χ1) is 25.2. The summed E-state index contributed by atoms with van der Waals surface area (Å²) in [6.45, 7) is 11.7. The van der Waals surface area contributed by atoms with Crippen LogP contribution in [0.3, 0.4) is 0 Å². The third-order valence-electron chi connectivity index (χ3n) is 11.1. The van der Waals surface area contributed by atoms with Gasteiger partial charge in [0.1, 0.15) is 0 Å². The Morgan fingerprint density at radius 3 is 1.77 bits per heavy atom. The minimum absolute atomic E-state index is 0.0346. The van der Waals surface area contributed by atoms with E-state index in [4.69, 9.17) is 0 Å². The predicted molar refractivity (Wildman–Crippen MR) is 223 cm³/mol. The van der Waals surface area contributed by atoms with Crippen LogP contribution in [0, 0.1) is 0 Å². The van der Waals surface area contributed by atoms with Crippen LogP contribution >= 0.6 is 0 Å². The molecule has 8 aromatic carbocycles. The van der Waals surface area contributed by atoms with E-state index in [2.05, 4.69) is 209 Å². The van der Waals surface area contributed by atoms with Crippen molar-refractivity contribution in [3.8, 4) is 33.4 Å². The lowest BCUT2D eigenvalue weighted by Gasteiger charge is -2.31. The second-order valence-corrected chi connectivity index (χ2v) is 15.8. The van der Waals surface area contributed by atoms with Gasteiger partial charge in [-0.1, -0.05) is 168 Å². The smallest absolute Gasteiger partial charge is 0.0546 e. The van der Waals surface area contributed by atoms with Crippen molar-refractivity contribution >= 4 is 38.6 Å². The summed E-state index contributed by atoms with van der Waals surface area (Å²) in [7, 11) is 0. The molecule has 0 radical (unpaired) electrons. The molecule has 0 unspecified atom stereocenters. The Morgan fingerprint density at radius 2 is 1.02 bits per heavy atom. The monoisotopic (exact) mass is 669 g/mol. The van der Waals surface area contributed by atoms with E-state index in [9.17, 15) is 0 Å². The van der Waals surface area contributed by atoms with Gasteiger partial charge < -0.3 is 4.90 Å². The van der Waals surface area contributed by atoms with Crippen molar-refractivity contribution in [2.75, 3.05) is 4.90 Å². The van der Waals surface area contributed by atoms with Gasteiger partial charge in [0.25, 0.3) is 0 Å². The van der Waals surface area contributed by atoms with E-state index in [1.54, 1.807) is 0 Å².